The van der Waals surface area contributed by atoms with E-state index in [9.17, 15) is 9.59 Å². The van der Waals surface area contributed by atoms with Gasteiger partial charge >= 0.3 is 5.69 Å². The molecule has 27 heavy (non-hydrogen) atoms. The minimum absolute atomic E-state index is 0.0832. The minimum atomic E-state index is -0.449. The Morgan fingerprint density at radius 3 is 2.44 bits per heavy atom. The number of ketones is 1. The molecule has 0 saturated carbocycles. The number of hydrogen-bond acceptors (Lipinski definition) is 3. The Hall–Kier alpha value is -3.24. The second kappa shape index (κ2) is 6.82. The first-order valence-electron chi connectivity index (χ1n) is 8.43. The summed E-state index contributed by atoms with van der Waals surface area (Å²) >= 11 is 6.09. The number of halogens is 1. The molecule has 0 unspecified atom stereocenters. The molecule has 5 heteroatoms. The molecule has 0 saturated heterocycles. The van der Waals surface area contributed by atoms with Crippen molar-refractivity contribution in [1.82, 2.24) is 9.97 Å². The molecular formula is C22H15ClN2O2. The van der Waals surface area contributed by atoms with E-state index in [1.165, 1.54) is 0 Å². The van der Waals surface area contributed by atoms with Crippen LogP contribution in [0.15, 0.2) is 71.5 Å². The number of carbonyl (C=O) groups is 1. The van der Waals surface area contributed by atoms with Crippen molar-refractivity contribution in [3.8, 4) is 11.3 Å². The molecule has 4 aromatic rings. The highest BCUT2D eigenvalue weighted by atomic mass is 35.5. The van der Waals surface area contributed by atoms with Crippen molar-refractivity contribution in [3.63, 3.8) is 0 Å². The van der Waals surface area contributed by atoms with Crippen molar-refractivity contribution in [2.24, 2.45) is 0 Å². The largest absolute Gasteiger partial charge is 0.345 e. The van der Waals surface area contributed by atoms with Crippen LogP contribution in [0.3, 0.4) is 0 Å². The number of nitrogens with zero attached hydrogens (tertiary/aromatic N) is 1. The van der Waals surface area contributed by atoms with Gasteiger partial charge in [-0.25, -0.2) is 4.79 Å². The summed E-state index contributed by atoms with van der Waals surface area (Å²) in [6.07, 6.45) is 0. The number of aromatic amines is 1. The summed E-state index contributed by atoms with van der Waals surface area (Å²) in [5.74, 6) is -0.0832. The lowest BCUT2D eigenvalue weighted by Gasteiger charge is -2.08. The summed E-state index contributed by atoms with van der Waals surface area (Å²) in [6.45, 7) is 1.98. The van der Waals surface area contributed by atoms with Crippen molar-refractivity contribution in [2.45, 2.75) is 6.92 Å². The van der Waals surface area contributed by atoms with E-state index in [1.54, 1.807) is 36.4 Å². The van der Waals surface area contributed by atoms with Gasteiger partial charge in [0.25, 0.3) is 0 Å². The first kappa shape index (κ1) is 17.2. The maximum absolute atomic E-state index is 12.9. The molecule has 0 radical (unpaired) electrons. The van der Waals surface area contributed by atoms with Crippen LogP contribution < -0.4 is 5.69 Å². The van der Waals surface area contributed by atoms with Gasteiger partial charge in [-0.2, -0.15) is 4.98 Å². The normalized spacial score (nSPS) is 10.9. The van der Waals surface area contributed by atoms with Crippen LogP contribution in [0.4, 0.5) is 0 Å². The van der Waals surface area contributed by atoms with Crippen molar-refractivity contribution < 1.29 is 4.79 Å². The third kappa shape index (κ3) is 3.39. The zero-order valence-electron chi connectivity index (χ0n) is 14.5. The summed E-state index contributed by atoms with van der Waals surface area (Å²) in [5, 5.41) is 1.24. The molecule has 4 nitrogen and oxygen atoms in total. The van der Waals surface area contributed by atoms with Crippen LogP contribution in [0.5, 0.6) is 0 Å². The average Bonchev–Trinajstić information content (AvgIpc) is 2.67. The molecule has 0 atom stereocenters. The number of H-pyrrole nitrogens is 1. The Labute approximate surface area is 160 Å². The third-order valence-electron chi connectivity index (χ3n) is 4.40. The fraction of sp³-hybridized carbons (Fsp3) is 0.0455. The summed E-state index contributed by atoms with van der Waals surface area (Å²) in [6, 6.07) is 19.8. The SMILES string of the molecule is Cc1ccc(C(=O)c2ccc3[nH]c(=O)nc(-c4cccc(Cl)c4)c3c2)cc1. The average molecular weight is 375 g/mol. The van der Waals surface area contributed by atoms with E-state index in [2.05, 4.69) is 9.97 Å². The quantitative estimate of drug-likeness (QED) is 0.525. The molecule has 0 spiro atoms. The Morgan fingerprint density at radius 2 is 1.70 bits per heavy atom. The number of aryl methyl sites for hydroxylation is 1. The number of benzene rings is 3. The number of rotatable bonds is 3. The molecule has 0 amide bonds. The summed E-state index contributed by atoms with van der Waals surface area (Å²) < 4.78 is 0. The van der Waals surface area contributed by atoms with E-state index in [0.717, 1.165) is 11.1 Å². The van der Waals surface area contributed by atoms with Gasteiger partial charge in [0.2, 0.25) is 0 Å². The molecule has 1 aromatic heterocycles. The van der Waals surface area contributed by atoms with Gasteiger partial charge in [0.05, 0.1) is 11.2 Å². The van der Waals surface area contributed by atoms with Crippen molar-refractivity contribution in [1.29, 1.82) is 0 Å². The summed E-state index contributed by atoms with van der Waals surface area (Å²) in [4.78, 5) is 31.7. The van der Waals surface area contributed by atoms with Crippen LogP contribution in [-0.2, 0) is 0 Å². The molecular weight excluding hydrogens is 360 g/mol. The molecule has 0 aliphatic carbocycles. The fourth-order valence-corrected chi connectivity index (χ4v) is 3.21. The number of hydrogen-bond donors (Lipinski definition) is 1. The van der Waals surface area contributed by atoms with Gasteiger partial charge in [-0.1, -0.05) is 53.6 Å². The van der Waals surface area contributed by atoms with Crippen LogP contribution >= 0.6 is 11.6 Å². The Bertz CT molecular complexity index is 1230. The van der Waals surface area contributed by atoms with E-state index in [4.69, 9.17) is 11.6 Å². The zero-order valence-corrected chi connectivity index (χ0v) is 15.2. The maximum atomic E-state index is 12.9. The standard InChI is InChI=1S/C22H15ClN2O2/c1-13-5-7-14(8-6-13)21(26)16-9-10-19-18(12-16)20(25-22(27)24-19)15-3-2-4-17(23)11-15/h2-12H,1H3,(H,24,25,27). The zero-order chi connectivity index (χ0) is 19.0. The first-order chi connectivity index (χ1) is 13.0. The van der Waals surface area contributed by atoms with E-state index in [-0.39, 0.29) is 5.78 Å². The molecule has 0 aliphatic rings. The Morgan fingerprint density at radius 1 is 0.963 bits per heavy atom. The van der Waals surface area contributed by atoms with Gasteiger partial charge < -0.3 is 4.98 Å². The molecule has 1 heterocycles. The van der Waals surface area contributed by atoms with Crippen molar-refractivity contribution in [2.75, 3.05) is 0 Å². The van der Waals surface area contributed by atoms with Crippen LogP contribution in [0.2, 0.25) is 5.02 Å². The smallest absolute Gasteiger partial charge is 0.305 e. The van der Waals surface area contributed by atoms with Gasteiger partial charge in [-0.15, -0.1) is 0 Å². The number of nitrogens with one attached hydrogen (secondary N) is 1. The highest BCUT2D eigenvalue weighted by Crippen LogP contribution is 2.27. The highest BCUT2D eigenvalue weighted by Gasteiger charge is 2.13. The number of fused-ring (bicyclic) bond motifs is 1. The predicted molar refractivity (Wildman–Crippen MR) is 107 cm³/mol. The van der Waals surface area contributed by atoms with E-state index in [1.807, 2.05) is 37.3 Å². The van der Waals surface area contributed by atoms with Crippen LogP contribution in [0, 0.1) is 6.92 Å². The van der Waals surface area contributed by atoms with E-state index >= 15 is 0 Å². The van der Waals surface area contributed by atoms with Gasteiger partial charge in [0, 0.05) is 27.1 Å². The van der Waals surface area contributed by atoms with Gasteiger partial charge in [0.15, 0.2) is 5.78 Å². The Balaban J connectivity index is 1.89. The lowest BCUT2D eigenvalue weighted by molar-refractivity contribution is 0.103. The topological polar surface area (TPSA) is 62.8 Å². The molecule has 132 valence electrons. The van der Waals surface area contributed by atoms with Crippen molar-refractivity contribution in [3.05, 3.63) is 98.9 Å². The predicted octanol–water partition coefficient (Wildman–Crippen LogP) is 4.78. The molecule has 3 aromatic carbocycles. The number of carbonyl (C=O) groups excluding carboxylic acids is 1. The fourth-order valence-electron chi connectivity index (χ4n) is 3.02. The minimum Gasteiger partial charge on any atom is -0.305 e. The molecule has 0 bridgehead atoms. The second-order valence-electron chi connectivity index (χ2n) is 6.36. The maximum Gasteiger partial charge on any atom is 0.345 e. The molecule has 0 fully saturated rings. The summed E-state index contributed by atoms with van der Waals surface area (Å²) in [5.41, 5.74) is 3.62. The summed E-state index contributed by atoms with van der Waals surface area (Å²) in [7, 11) is 0. The van der Waals surface area contributed by atoms with Crippen LogP contribution in [0.1, 0.15) is 21.5 Å². The van der Waals surface area contributed by atoms with Crippen molar-refractivity contribution >= 4 is 28.3 Å². The molecule has 4 rings (SSSR count). The third-order valence-corrected chi connectivity index (χ3v) is 4.64. The van der Waals surface area contributed by atoms with Crippen LogP contribution in [-0.4, -0.2) is 15.8 Å². The number of aromatic nitrogens is 2. The van der Waals surface area contributed by atoms with Gasteiger partial charge in [-0.05, 0) is 37.3 Å². The van der Waals surface area contributed by atoms with Gasteiger partial charge in [-0.3, -0.25) is 4.79 Å². The van der Waals surface area contributed by atoms with Crippen LogP contribution in [0.25, 0.3) is 22.2 Å². The van der Waals surface area contributed by atoms with E-state index < -0.39 is 5.69 Å². The molecule has 1 N–H and O–H groups in total. The van der Waals surface area contributed by atoms with Gasteiger partial charge in [0.1, 0.15) is 0 Å². The first-order valence-corrected chi connectivity index (χ1v) is 8.80. The second-order valence-corrected chi connectivity index (χ2v) is 6.79. The lowest BCUT2D eigenvalue weighted by atomic mass is 9.99. The highest BCUT2D eigenvalue weighted by molar-refractivity contribution is 6.30. The monoisotopic (exact) mass is 374 g/mol. The molecule has 0 aliphatic heterocycles. The lowest BCUT2D eigenvalue weighted by Crippen LogP contribution is -2.12. The Kier molecular flexibility index (Phi) is 4.34. The van der Waals surface area contributed by atoms with E-state index in [0.29, 0.717) is 32.7 Å².